The molecule has 0 amide bonds. The lowest BCUT2D eigenvalue weighted by Gasteiger charge is -2.45. The number of benzene rings is 1. The van der Waals surface area contributed by atoms with Gasteiger partial charge in [0, 0.05) is 17.1 Å². The fourth-order valence-corrected chi connectivity index (χ4v) is 4.33. The maximum absolute atomic E-state index is 5.98. The largest absolute Gasteiger partial charge is 0.374 e. The van der Waals surface area contributed by atoms with Crippen LogP contribution in [-0.2, 0) is 11.2 Å². The number of rotatable bonds is 3. The second kappa shape index (κ2) is 6.67. The van der Waals surface area contributed by atoms with Crippen LogP contribution in [0.5, 0.6) is 0 Å². The molecule has 1 saturated carbocycles. The molecule has 0 radical (unpaired) electrons. The number of hydrogen-bond acceptors (Lipinski definition) is 3. The summed E-state index contributed by atoms with van der Waals surface area (Å²) in [5.74, 6) is 0. The van der Waals surface area contributed by atoms with Gasteiger partial charge in [-0.15, -0.1) is 0 Å². The van der Waals surface area contributed by atoms with Crippen LogP contribution in [0.1, 0.15) is 38.2 Å². The zero-order valence-corrected chi connectivity index (χ0v) is 14.3. The first-order chi connectivity index (χ1) is 10.1. The topological polar surface area (TPSA) is 38.5 Å². The average molecular weight is 353 g/mol. The number of fused-ring (bicyclic) bond motifs is 1. The summed E-state index contributed by atoms with van der Waals surface area (Å²) in [6.45, 7) is 3.89. The smallest absolute Gasteiger partial charge is 0.0779 e. The number of halogens is 1. The van der Waals surface area contributed by atoms with E-state index in [-0.39, 0.29) is 6.04 Å². The van der Waals surface area contributed by atoms with Gasteiger partial charge >= 0.3 is 0 Å². The minimum Gasteiger partial charge on any atom is -0.374 e. The zero-order valence-electron chi connectivity index (χ0n) is 12.7. The highest BCUT2D eigenvalue weighted by molar-refractivity contribution is 9.10. The Kier molecular flexibility index (Phi) is 4.87. The van der Waals surface area contributed by atoms with E-state index in [2.05, 4.69) is 46.0 Å². The minimum atomic E-state index is 0.203. The van der Waals surface area contributed by atoms with E-state index in [1.165, 1.54) is 41.4 Å². The molecule has 2 aliphatic rings. The third-order valence-electron chi connectivity index (χ3n) is 4.61. The molecule has 3 nitrogen and oxygen atoms in total. The van der Waals surface area contributed by atoms with Gasteiger partial charge in [0.25, 0.3) is 0 Å². The van der Waals surface area contributed by atoms with Crippen molar-refractivity contribution in [1.29, 1.82) is 0 Å². The van der Waals surface area contributed by atoms with Crippen molar-refractivity contribution < 1.29 is 4.74 Å². The van der Waals surface area contributed by atoms with Crippen LogP contribution in [0, 0.1) is 0 Å². The molecule has 1 saturated heterocycles. The molecule has 4 heteroatoms. The number of hydrogen-bond donors (Lipinski definition) is 1. The quantitative estimate of drug-likeness (QED) is 0.904. The predicted molar refractivity (Wildman–Crippen MR) is 90.8 cm³/mol. The van der Waals surface area contributed by atoms with Crippen LogP contribution in [0.15, 0.2) is 22.7 Å². The van der Waals surface area contributed by atoms with Gasteiger partial charge in [-0.3, -0.25) is 0 Å². The van der Waals surface area contributed by atoms with E-state index >= 15 is 0 Å². The molecule has 1 aromatic rings. The maximum atomic E-state index is 5.98. The van der Waals surface area contributed by atoms with E-state index in [1.54, 1.807) is 0 Å². The first kappa shape index (κ1) is 15.3. The third-order valence-corrected chi connectivity index (χ3v) is 5.25. The average Bonchev–Trinajstić information content (AvgIpc) is 2.46. The molecule has 1 heterocycles. The Balaban J connectivity index is 1.81. The Morgan fingerprint density at radius 3 is 2.95 bits per heavy atom. The lowest BCUT2D eigenvalue weighted by Crippen LogP contribution is -2.53. The normalized spacial score (nSPS) is 27.3. The van der Waals surface area contributed by atoms with Gasteiger partial charge in [0.15, 0.2) is 0 Å². The second-order valence-corrected chi connectivity index (χ2v) is 7.28. The van der Waals surface area contributed by atoms with Crippen molar-refractivity contribution >= 4 is 21.6 Å². The molecular weight excluding hydrogens is 328 g/mol. The number of anilines is 1. The number of nitrogens with two attached hydrogens (primary N) is 1. The van der Waals surface area contributed by atoms with Gasteiger partial charge in [-0.25, -0.2) is 0 Å². The fourth-order valence-electron chi connectivity index (χ4n) is 3.68. The summed E-state index contributed by atoms with van der Waals surface area (Å²) in [6, 6.07) is 7.44. The Morgan fingerprint density at radius 1 is 1.38 bits per heavy atom. The van der Waals surface area contributed by atoms with E-state index in [4.69, 9.17) is 10.5 Å². The van der Waals surface area contributed by atoms with Crippen molar-refractivity contribution in [2.24, 2.45) is 5.73 Å². The first-order valence-corrected chi connectivity index (χ1v) is 8.86. The number of ether oxygens (including phenoxy) is 1. The van der Waals surface area contributed by atoms with Gasteiger partial charge in [0.2, 0.25) is 0 Å². The molecule has 3 rings (SSSR count). The van der Waals surface area contributed by atoms with Gasteiger partial charge in [-0.2, -0.15) is 0 Å². The molecule has 0 bridgehead atoms. The van der Waals surface area contributed by atoms with Crippen LogP contribution >= 0.6 is 15.9 Å². The molecule has 2 N–H and O–H groups in total. The lowest BCUT2D eigenvalue weighted by atomic mass is 9.89. The van der Waals surface area contributed by atoms with Gasteiger partial charge < -0.3 is 15.4 Å². The predicted octanol–water partition coefficient (Wildman–Crippen LogP) is 3.49. The maximum Gasteiger partial charge on any atom is 0.0779 e. The van der Waals surface area contributed by atoms with Crippen LogP contribution in [0.2, 0.25) is 0 Å². The molecule has 2 fully saturated rings. The molecule has 3 unspecified atom stereocenters. The number of nitrogens with zero attached hydrogens (tertiary/aromatic N) is 1. The van der Waals surface area contributed by atoms with Crippen LogP contribution < -0.4 is 10.6 Å². The zero-order chi connectivity index (χ0) is 14.8. The third kappa shape index (κ3) is 3.43. The lowest BCUT2D eigenvalue weighted by molar-refractivity contribution is -0.00872. The summed E-state index contributed by atoms with van der Waals surface area (Å²) in [6.07, 6.45) is 6.43. The van der Waals surface area contributed by atoms with Crippen LogP contribution in [0.3, 0.4) is 0 Å². The van der Waals surface area contributed by atoms with Crippen LogP contribution in [0.25, 0.3) is 0 Å². The van der Waals surface area contributed by atoms with Crippen molar-refractivity contribution in [2.75, 3.05) is 18.1 Å². The Bertz CT molecular complexity index is 490. The summed E-state index contributed by atoms with van der Waals surface area (Å²) < 4.78 is 7.16. The molecule has 1 aliphatic heterocycles. The summed E-state index contributed by atoms with van der Waals surface area (Å²) in [7, 11) is 0. The molecule has 1 aromatic carbocycles. The first-order valence-electron chi connectivity index (χ1n) is 8.07. The van der Waals surface area contributed by atoms with E-state index in [0.29, 0.717) is 12.1 Å². The summed E-state index contributed by atoms with van der Waals surface area (Å²) in [5, 5.41) is 0. The Morgan fingerprint density at radius 2 is 2.19 bits per heavy atom. The van der Waals surface area contributed by atoms with Crippen molar-refractivity contribution in [3.8, 4) is 0 Å². The van der Waals surface area contributed by atoms with Gasteiger partial charge in [0.05, 0.1) is 24.4 Å². The molecular formula is C17H25BrN2O. The standard InChI is InChI=1S/C17H25BrN2O/c1-12(19)10-13-6-7-15(14(18)11-13)20-8-9-21-17-5-3-2-4-16(17)20/h6-7,11-12,16-17H,2-5,8-10,19H2,1H3. The van der Waals surface area contributed by atoms with Crippen LogP contribution in [0.4, 0.5) is 5.69 Å². The SMILES string of the molecule is CC(N)Cc1ccc(N2CCOC3CCCCC32)c(Br)c1. The summed E-state index contributed by atoms with van der Waals surface area (Å²) >= 11 is 3.77. The van der Waals surface area contributed by atoms with Gasteiger partial charge in [-0.05, 0) is 59.8 Å². The Hall–Kier alpha value is -0.580. The molecule has 0 spiro atoms. The molecule has 3 atom stereocenters. The van der Waals surface area contributed by atoms with E-state index in [1.807, 2.05) is 0 Å². The van der Waals surface area contributed by atoms with Gasteiger partial charge in [0.1, 0.15) is 0 Å². The highest BCUT2D eigenvalue weighted by Crippen LogP contribution is 2.36. The summed E-state index contributed by atoms with van der Waals surface area (Å²) in [5.41, 5.74) is 8.51. The highest BCUT2D eigenvalue weighted by atomic mass is 79.9. The van der Waals surface area contributed by atoms with Crippen molar-refractivity contribution in [3.63, 3.8) is 0 Å². The van der Waals surface area contributed by atoms with Crippen molar-refractivity contribution in [2.45, 2.75) is 57.2 Å². The van der Waals surface area contributed by atoms with Crippen molar-refractivity contribution in [1.82, 2.24) is 0 Å². The fraction of sp³-hybridized carbons (Fsp3) is 0.647. The molecule has 1 aliphatic carbocycles. The monoisotopic (exact) mass is 352 g/mol. The van der Waals surface area contributed by atoms with Gasteiger partial charge in [-0.1, -0.05) is 18.9 Å². The highest BCUT2D eigenvalue weighted by Gasteiger charge is 2.34. The molecule has 116 valence electrons. The van der Waals surface area contributed by atoms with Crippen LogP contribution in [-0.4, -0.2) is 31.3 Å². The van der Waals surface area contributed by atoms with E-state index < -0.39 is 0 Å². The second-order valence-electron chi connectivity index (χ2n) is 6.42. The Labute approximate surface area is 136 Å². The van der Waals surface area contributed by atoms with E-state index in [9.17, 15) is 0 Å². The van der Waals surface area contributed by atoms with E-state index in [0.717, 1.165) is 19.6 Å². The number of morpholine rings is 1. The minimum absolute atomic E-state index is 0.203. The molecule has 0 aromatic heterocycles. The molecule has 21 heavy (non-hydrogen) atoms. The summed E-state index contributed by atoms with van der Waals surface area (Å²) in [4.78, 5) is 2.55. The van der Waals surface area contributed by atoms with Crippen molar-refractivity contribution in [3.05, 3.63) is 28.2 Å².